The van der Waals surface area contributed by atoms with E-state index in [1.807, 2.05) is 0 Å². The van der Waals surface area contributed by atoms with Crippen LogP contribution in [0.2, 0.25) is 0 Å². The Hall–Kier alpha value is -0.610. The maximum absolute atomic E-state index is 11.9. The first-order valence-electron chi connectivity index (χ1n) is 8.29. The molecule has 20 heavy (non-hydrogen) atoms. The van der Waals surface area contributed by atoms with Crippen LogP contribution in [0, 0.1) is 11.8 Å². The van der Waals surface area contributed by atoms with Gasteiger partial charge in [-0.2, -0.15) is 0 Å². The summed E-state index contributed by atoms with van der Waals surface area (Å²) in [4.78, 5) is 14.3. The number of amides is 1. The van der Waals surface area contributed by atoms with Gasteiger partial charge in [-0.05, 0) is 50.6 Å². The Morgan fingerprint density at radius 3 is 2.55 bits per heavy atom. The normalized spacial score (nSPS) is 16.7. The molecule has 4 nitrogen and oxygen atoms in total. The van der Waals surface area contributed by atoms with Crippen LogP contribution >= 0.6 is 0 Å². The summed E-state index contributed by atoms with van der Waals surface area (Å²) in [5.74, 6) is 1.38. The number of carbonyl (C=O) groups excluding carboxylic acids is 1. The number of hydrogen-bond donors (Lipinski definition) is 2. The molecule has 0 aromatic carbocycles. The summed E-state index contributed by atoms with van der Waals surface area (Å²) in [5, 5.41) is 3.05. The van der Waals surface area contributed by atoms with Crippen molar-refractivity contribution in [3.63, 3.8) is 0 Å². The van der Waals surface area contributed by atoms with Crippen LogP contribution in [0.25, 0.3) is 0 Å². The van der Waals surface area contributed by atoms with Gasteiger partial charge in [-0.3, -0.25) is 9.69 Å². The highest BCUT2D eigenvalue weighted by Crippen LogP contribution is 2.25. The molecule has 0 radical (unpaired) electrons. The minimum absolute atomic E-state index is 0.194. The maximum Gasteiger partial charge on any atom is 0.220 e. The summed E-state index contributed by atoms with van der Waals surface area (Å²) >= 11 is 0. The van der Waals surface area contributed by atoms with E-state index in [2.05, 4.69) is 31.0 Å². The molecular weight excluding hydrogens is 250 g/mol. The molecular formula is C16H33N3O. The molecule has 1 atom stereocenters. The largest absolute Gasteiger partial charge is 0.355 e. The molecule has 0 saturated heterocycles. The molecule has 0 bridgehead atoms. The molecule has 1 amide bonds. The van der Waals surface area contributed by atoms with E-state index in [1.165, 1.54) is 12.8 Å². The van der Waals surface area contributed by atoms with Crippen LogP contribution in [0.5, 0.6) is 0 Å². The molecule has 1 rings (SSSR count). The highest BCUT2D eigenvalue weighted by atomic mass is 16.1. The van der Waals surface area contributed by atoms with E-state index in [-0.39, 0.29) is 5.91 Å². The van der Waals surface area contributed by atoms with E-state index < -0.39 is 0 Å². The first-order chi connectivity index (χ1) is 9.58. The molecule has 118 valence electrons. The van der Waals surface area contributed by atoms with E-state index in [9.17, 15) is 4.79 Å². The molecule has 4 heteroatoms. The molecule has 0 spiro atoms. The smallest absolute Gasteiger partial charge is 0.220 e. The maximum atomic E-state index is 11.9. The van der Waals surface area contributed by atoms with Gasteiger partial charge in [0, 0.05) is 25.6 Å². The molecule has 1 aliphatic rings. The molecule has 0 aromatic rings. The van der Waals surface area contributed by atoms with Crippen molar-refractivity contribution < 1.29 is 4.79 Å². The van der Waals surface area contributed by atoms with Crippen molar-refractivity contribution in [1.29, 1.82) is 0 Å². The molecule has 0 aromatic heterocycles. The topological polar surface area (TPSA) is 58.4 Å². The predicted molar refractivity (Wildman–Crippen MR) is 84.5 cm³/mol. The van der Waals surface area contributed by atoms with Gasteiger partial charge in [-0.15, -0.1) is 0 Å². The summed E-state index contributed by atoms with van der Waals surface area (Å²) in [6, 6.07) is 0.784. The van der Waals surface area contributed by atoms with Crippen LogP contribution < -0.4 is 11.1 Å². The molecule has 1 fully saturated rings. The molecule has 1 aliphatic carbocycles. The third kappa shape index (κ3) is 6.71. The predicted octanol–water partition coefficient (Wildman–Crippen LogP) is 1.99. The second-order valence-electron chi connectivity index (χ2n) is 6.33. The number of nitrogens with one attached hydrogen (secondary N) is 1. The number of nitrogens with zero attached hydrogens (tertiary/aromatic N) is 1. The summed E-state index contributed by atoms with van der Waals surface area (Å²) in [7, 11) is 0. The average Bonchev–Trinajstić information content (AvgIpc) is 3.23. The number of nitrogens with two attached hydrogens (primary N) is 1. The Morgan fingerprint density at radius 1 is 1.35 bits per heavy atom. The highest BCUT2D eigenvalue weighted by Gasteiger charge is 2.27. The SMILES string of the molecule is CCN(CCNC(=O)CCC(CCN)C(C)C)C1CC1. The van der Waals surface area contributed by atoms with E-state index in [4.69, 9.17) is 5.73 Å². The minimum Gasteiger partial charge on any atom is -0.355 e. The first-order valence-corrected chi connectivity index (χ1v) is 8.29. The van der Waals surface area contributed by atoms with E-state index in [0.717, 1.165) is 45.1 Å². The van der Waals surface area contributed by atoms with Gasteiger partial charge in [0.15, 0.2) is 0 Å². The fourth-order valence-electron chi connectivity index (χ4n) is 2.81. The van der Waals surface area contributed by atoms with Crippen LogP contribution in [0.3, 0.4) is 0 Å². The van der Waals surface area contributed by atoms with Gasteiger partial charge >= 0.3 is 0 Å². The van der Waals surface area contributed by atoms with Gasteiger partial charge in [0.05, 0.1) is 0 Å². The average molecular weight is 283 g/mol. The van der Waals surface area contributed by atoms with Crippen LogP contribution in [0.1, 0.15) is 52.9 Å². The van der Waals surface area contributed by atoms with Crippen LogP contribution in [-0.4, -0.2) is 43.0 Å². The summed E-state index contributed by atoms with van der Waals surface area (Å²) in [5.41, 5.74) is 5.63. The molecule has 3 N–H and O–H groups in total. The third-order valence-electron chi connectivity index (χ3n) is 4.41. The zero-order valence-electron chi connectivity index (χ0n) is 13.5. The van der Waals surface area contributed by atoms with Crippen molar-refractivity contribution in [3.8, 4) is 0 Å². The molecule has 1 unspecified atom stereocenters. The van der Waals surface area contributed by atoms with Gasteiger partial charge in [0.25, 0.3) is 0 Å². The van der Waals surface area contributed by atoms with Gasteiger partial charge in [0.2, 0.25) is 5.91 Å². The van der Waals surface area contributed by atoms with Crippen molar-refractivity contribution in [1.82, 2.24) is 10.2 Å². The van der Waals surface area contributed by atoms with E-state index >= 15 is 0 Å². The van der Waals surface area contributed by atoms with E-state index in [1.54, 1.807) is 0 Å². The summed E-state index contributed by atoms with van der Waals surface area (Å²) in [6.45, 7) is 10.2. The third-order valence-corrected chi connectivity index (χ3v) is 4.41. The van der Waals surface area contributed by atoms with Gasteiger partial charge in [-0.1, -0.05) is 20.8 Å². The Morgan fingerprint density at radius 2 is 2.05 bits per heavy atom. The highest BCUT2D eigenvalue weighted by molar-refractivity contribution is 5.75. The number of likely N-dealkylation sites (N-methyl/N-ethyl adjacent to an activating group) is 1. The Balaban J connectivity index is 2.12. The lowest BCUT2D eigenvalue weighted by Crippen LogP contribution is -2.36. The van der Waals surface area contributed by atoms with Crippen molar-refractivity contribution in [3.05, 3.63) is 0 Å². The van der Waals surface area contributed by atoms with Crippen molar-refractivity contribution in [2.24, 2.45) is 17.6 Å². The zero-order chi connectivity index (χ0) is 15.0. The Bertz CT molecular complexity index is 277. The van der Waals surface area contributed by atoms with Gasteiger partial charge < -0.3 is 11.1 Å². The molecule has 0 heterocycles. The second kappa shape index (κ2) is 9.35. The van der Waals surface area contributed by atoms with Crippen LogP contribution in [0.4, 0.5) is 0 Å². The standard InChI is InChI=1S/C16H33N3O/c1-4-19(15-6-7-15)12-11-18-16(20)8-5-14(9-10-17)13(2)3/h13-15H,4-12,17H2,1-3H3,(H,18,20). The minimum atomic E-state index is 0.194. The van der Waals surface area contributed by atoms with Gasteiger partial charge in [0.1, 0.15) is 0 Å². The zero-order valence-corrected chi connectivity index (χ0v) is 13.5. The second-order valence-corrected chi connectivity index (χ2v) is 6.33. The van der Waals surface area contributed by atoms with Crippen molar-refractivity contribution in [2.75, 3.05) is 26.2 Å². The monoisotopic (exact) mass is 283 g/mol. The summed E-state index contributed by atoms with van der Waals surface area (Å²) in [6.07, 6.45) is 5.28. The van der Waals surface area contributed by atoms with Crippen LogP contribution in [-0.2, 0) is 4.79 Å². The number of rotatable bonds is 11. The number of carbonyl (C=O) groups is 1. The molecule has 0 aliphatic heterocycles. The van der Waals surface area contributed by atoms with Crippen LogP contribution in [0.15, 0.2) is 0 Å². The number of hydrogen-bond acceptors (Lipinski definition) is 3. The fourth-order valence-corrected chi connectivity index (χ4v) is 2.81. The lowest BCUT2D eigenvalue weighted by atomic mass is 9.88. The van der Waals surface area contributed by atoms with E-state index in [0.29, 0.717) is 18.3 Å². The van der Waals surface area contributed by atoms with Gasteiger partial charge in [-0.25, -0.2) is 0 Å². The Kier molecular flexibility index (Phi) is 8.15. The van der Waals surface area contributed by atoms with Crippen molar-refractivity contribution >= 4 is 5.91 Å². The lowest BCUT2D eigenvalue weighted by Gasteiger charge is -2.21. The van der Waals surface area contributed by atoms with Crippen molar-refractivity contribution in [2.45, 2.75) is 58.9 Å². The lowest BCUT2D eigenvalue weighted by molar-refractivity contribution is -0.121. The quantitative estimate of drug-likeness (QED) is 0.609. The first kappa shape index (κ1) is 17.4. The Labute approximate surface area is 124 Å². The summed E-state index contributed by atoms with van der Waals surface area (Å²) < 4.78 is 0. The fraction of sp³-hybridized carbons (Fsp3) is 0.938. The molecule has 1 saturated carbocycles.